The molecule has 1 fully saturated rings. The van der Waals surface area contributed by atoms with Crippen LogP contribution in [0.2, 0.25) is 0 Å². The molecule has 0 heterocycles. The fraction of sp³-hybridized carbons (Fsp3) is 0.917. The maximum absolute atomic E-state index is 12.0. The quantitative estimate of drug-likeness (QED) is 0.511. The number of esters is 1. The first-order valence-electron chi connectivity index (χ1n) is 5.68. The standard InChI is InChI=1S/C12H21ClO2/c1-9-7-5-6-8-12(9,13)10(14)15-11(2,3)4/h9H,5-8H2,1-4H3. The van der Waals surface area contributed by atoms with Gasteiger partial charge in [0, 0.05) is 0 Å². The third-order valence-corrected chi connectivity index (χ3v) is 3.66. The van der Waals surface area contributed by atoms with Gasteiger partial charge in [-0.25, -0.2) is 0 Å². The molecule has 0 aromatic carbocycles. The first kappa shape index (κ1) is 12.8. The molecule has 3 heteroatoms. The molecule has 1 rings (SSSR count). The van der Waals surface area contributed by atoms with Gasteiger partial charge < -0.3 is 4.74 Å². The number of carbonyl (C=O) groups is 1. The maximum Gasteiger partial charge on any atom is 0.327 e. The summed E-state index contributed by atoms with van der Waals surface area (Å²) in [6.45, 7) is 7.66. The average Bonchev–Trinajstić information content (AvgIpc) is 2.07. The van der Waals surface area contributed by atoms with E-state index in [-0.39, 0.29) is 11.9 Å². The lowest BCUT2D eigenvalue weighted by atomic mass is 9.79. The molecule has 0 spiro atoms. The number of alkyl halides is 1. The molecule has 0 radical (unpaired) electrons. The summed E-state index contributed by atoms with van der Waals surface area (Å²) >= 11 is 6.41. The number of ether oxygens (including phenoxy) is 1. The number of rotatable bonds is 1. The summed E-state index contributed by atoms with van der Waals surface area (Å²) in [5, 5.41) is 0. The van der Waals surface area contributed by atoms with Gasteiger partial charge in [-0.2, -0.15) is 0 Å². The zero-order valence-electron chi connectivity index (χ0n) is 10.1. The van der Waals surface area contributed by atoms with Crippen molar-refractivity contribution in [2.75, 3.05) is 0 Å². The first-order chi connectivity index (χ1) is 6.76. The zero-order valence-corrected chi connectivity index (χ0v) is 10.9. The van der Waals surface area contributed by atoms with E-state index in [1.807, 2.05) is 27.7 Å². The van der Waals surface area contributed by atoms with Crippen LogP contribution in [0, 0.1) is 5.92 Å². The zero-order chi connectivity index (χ0) is 11.7. The van der Waals surface area contributed by atoms with Gasteiger partial charge >= 0.3 is 5.97 Å². The minimum atomic E-state index is -0.786. The highest BCUT2D eigenvalue weighted by Gasteiger charge is 2.45. The second kappa shape index (κ2) is 4.32. The molecule has 1 aliphatic carbocycles. The van der Waals surface area contributed by atoms with E-state index in [1.165, 1.54) is 6.42 Å². The van der Waals surface area contributed by atoms with Gasteiger partial charge in [-0.05, 0) is 39.5 Å². The van der Waals surface area contributed by atoms with Crippen LogP contribution in [0.15, 0.2) is 0 Å². The van der Waals surface area contributed by atoms with Gasteiger partial charge in [-0.1, -0.05) is 19.8 Å². The molecule has 15 heavy (non-hydrogen) atoms. The van der Waals surface area contributed by atoms with Crippen molar-refractivity contribution < 1.29 is 9.53 Å². The van der Waals surface area contributed by atoms with Gasteiger partial charge in [0.25, 0.3) is 0 Å². The lowest BCUT2D eigenvalue weighted by molar-refractivity contribution is -0.160. The molecular formula is C12H21ClO2. The summed E-state index contributed by atoms with van der Waals surface area (Å²) in [6.07, 6.45) is 3.94. The molecule has 0 saturated heterocycles. The van der Waals surface area contributed by atoms with E-state index in [1.54, 1.807) is 0 Å². The molecule has 2 atom stereocenters. The van der Waals surface area contributed by atoms with Crippen molar-refractivity contribution in [3.63, 3.8) is 0 Å². The van der Waals surface area contributed by atoms with Crippen LogP contribution < -0.4 is 0 Å². The van der Waals surface area contributed by atoms with Gasteiger partial charge in [0.05, 0.1) is 0 Å². The Bertz CT molecular complexity index is 244. The van der Waals surface area contributed by atoms with Crippen molar-refractivity contribution >= 4 is 17.6 Å². The highest BCUT2D eigenvalue weighted by Crippen LogP contribution is 2.40. The van der Waals surface area contributed by atoms with Crippen molar-refractivity contribution in [3.05, 3.63) is 0 Å². The summed E-state index contributed by atoms with van der Waals surface area (Å²) < 4.78 is 5.38. The second-order valence-electron chi connectivity index (χ2n) is 5.51. The van der Waals surface area contributed by atoms with E-state index in [9.17, 15) is 4.79 Å². The maximum atomic E-state index is 12.0. The first-order valence-corrected chi connectivity index (χ1v) is 6.06. The fourth-order valence-electron chi connectivity index (χ4n) is 1.97. The predicted molar refractivity (Wildman–Crippen MR) is 62.1 cm³/mol. The van der Waals surface area contributed by atoms with Gasteiger partial charge in [0.2, 0.25) is 0 Å². The minimum Gasteiger partial charge on any atom is -0.459 e. The molecule has 0 aliphatic heterocycles. The molecule has 2 unspecified atom stereocenters. The molecule has 1 saturated carbocycles. The van der Waals surface area contributed by atoms with Crippen molar-refractivity contribution in [2.24, 2.45) is 5.92 Å². The van der Waals surface area contributed by atoms with Crippen molar-refractivity contribution in [1.82, 2.24) is 0 Å². The summed E-state index contributed by atoms with van der Waals surface area (Å²) in [7, 11) is 0. The Morgan fingerprint density at radius 2 is 2.00 bits per heavy atom. The molecular weight excluding hydrogens is 212 g/mol. The third-order valence-electron chi connectivity index (χ3n) is 2.95. The largest absolute Gasteiger partial charge is 0.459 e. The average molecular weight is 233 g/mol. The molecule has 0 aromatic heterocycles. The van der Waals surface area contributed by atoms with Crippen LogP contribution in [0.1, 0.15) is 53.4 Å². The predicted octanol–water partition coefficient (Wildman–Crippen LogP) is 3.52. The lowest BCUT2D eigenvalue weighted by Crippen LogP contribution is -2.45. The Labute approximate surface area is 97.3 Å². The number of hydrogen-bond donors (Lipinski definition) is 0. The van der Waals surface area contributed by atoms with E-state index in [0.29, 0.717) is 0 Å². The number of hydrogen-bond acceptors (Lipinski definition) is 2. The fourth-order valence-corrected chi connectivity index (χ4v) is 2.26. The monoisotopic (exact) mass is 232 g/mol. The van der Waals surface area contributed by atoms with E-state index < -0.39 is 10.5 Å². The van der Waals surface area contributed by atoms with E-state index in [2.05, 4.69) is 0 Å². The van der Waals surface area contributed by atoms with Crippen LogP contribution in [0.4, 0.5) is 0 Å². The van der Waals surface area contributed by atoms with Crippen LogP contribution in [0.3, 0.4) is 0 Å². The third kappa shape index (κ3) is 3.10. The van der Waals surface area contributed by atoms with Gasteiger partial charge in [-0.15, -0.1) is 11.6 Å². The minimum absolute atomic E-state index is 0.211. The summed E-state index contributed by atoms with van der Waals surface area (Å²) in [4.78, 5) is 11.2. The SMILES string of the molecule is CC1CCCCC1(Cl)C(=O)OC(C)(C)C. The molecule has 88 valence electrons. The van der Waals surface area contributed by atoms with Gasteiger partial charge in [0.15, 0.2) is 0 Å². The summed E-state index contributed by atoms with van der Waals surface area (Å²) in [5.74, 6) is -0.0355. The molecule has 2 nitrogen and oxygen atoms in total. The summed E-state index contributed by atoms with van der Waals surface area (Å²) in [5.41, 5.74) is -0.448. The Morgan fingerprint density at radius 1 is 1.40 bits per heavy atom. The number of halogens is 1. The Morgan fingerprint density at radius 3 is 2.47 bits per heavy atom. The molecule has 0 aromatic rings. The van der Waals surface area contributed by atoms with Crippen LogP contribution in [0.5, 0.6) is 0 Å². The van der Waals surface area contributed by atoms with E-state index >= 15 is 0 Å². The smallest absolute Gasteiger partial charge is 0.327 e. The molecule has 0 amide bonds. The number of carbonyl (C=O) groups excluding carboxylic acids is 1. The lowest BCUT2D eigenvalue weighted by Gasteiger charge is -2.37. The second-order valence-corrected chi connectivity index (χ2v) is 6.19. The Kier molecular flexibility index (Phi) is 3.70. The topological polar surface area (TPSA) is 26.3 Å². The van der Waals surface area contributed by atoms with Crippen LogP contribution in [-0.4, -0.2) is 16.4 Å². The van der Waals surface area contributed by atoms with Crippen LogP contribution >= 0.6 is 11.6 Å². The van der Waals surface area contributed by atoms with Gasteiger partial charge in [0.1, 0.15) is 10.5 Å². The van der Waals surface area contributed by atoms with Crippen molar-refractivity contribution in [1.29, 1.82) is 0 Å². The normalized spacial score (nSPS) is 32.5. The Hall–Kier alpha value is -0.240. The van der Waals surface area contributed by atoms with Crippen LogP contribution in [-0.2, 0) is 9.53 Å². The molecule has 0 N–H and O–H groups in total. The molecule has 1 aliphatic rings. The highest BCUT2D eigenvalue weighted by molar-refractivity contribution is 6.34. The molecule has 0 bridgehead atoms. The van der Waals surface area contributed by atoms with E-state index in [4.69, 9.17) is 16.3 Å². The van der Waals surface area contributed by atoms with E-state index in [0.717, 1.165) is 19.3 Å². The van der Waals surface area contributed by atoms with Gasteiger partial charge in [-0.3, -0.25) is 4.79 Å². The van der Waals surface area contributed by atoms with Crippen LogP contribution in [0.25, 0.3) is 0 Å². The van der Waals surface area contributed by atoms with Crippen molar-refractivity contribution in [2.45, 2.75) is 63.9 Å². The Balaban J connectivity index is 2.71. The summed E-state index contributed by atoms with van der Waals surface area (Å²) in [6, 6.07) is 0. The van der Waals surface area contributed by atoms with Crippen molar-refractivity contribution in [3.8, 4) is 0 Å². The highest BCUT2D eigenvalue weighted by atomic mass is 35.5.